The van der Waals surface area contributed by atoms with Gasteiger partial charge in [0, 0.05) is 16.7 Å². The lowest BCUT2D eigenvalue weighted by Gasteiger charge is -2.20. The molecule has 0 aliphatic carbocycles. The summed E-state index contributed by atoms with van der Waals surface area (Å²) in [5.41, 5.74) is 17.2. The molecule has 0 unspecified atom stereocenters. The van der Waals surface area contributed by atoms with Crippen molar-refractivity contribution in [2.24, 2.45) is 27.2 Å². The van der Waals surface area contributed by atoms with Crippen molar-refractivity contribution in [3.05, 3.63) is 52.5 Å². The van der Waals surface area contributed by atoms with Crippen molar-refractivity contribution in [1.82, 2.24) is 0 Å². The number of hydrogen-bond acceptors (Lipinski definition) is 4. The van der Waals surface area contributed by atoms with Gasteiger partial charge in [0.15, 0.2) is 23.2 Å². The van der Waals surface area contributed by atoms with E-state index in [2.05, 4.69) is 9.98 Å². The number of carbonyl (C=O) groups is 1. The number of halogens is 1. The summed E-state index contributed by atoms with van der Waals surface area (Å²) >= 11 is 5.98. The molecule has 0 fully saturated rings. The Kier molecular flexibility index (Phi) is 4.94. The van der Waals surface area contributed by atoms with E-state index in [4.69, 9.17) is 38.3 Å². The summed E-state index contributed by atoms with van der Waals surface area (Å²) in [5.74, 6) is 0.158. The van der Waals surface area contributed by atoms with Gasteiger partial charge in [-0.3, -0.25) is 4.79 Å². The minimum absolute atomic E-state index is 0.193. The van der Waals surface area contributed by atoms with E-state index in [1.54, 1.807) is 36.4 Å². The third-order valence-corrected chi connectivity index (χ3v) is 3.71. The number of rotatable bonds is 3. The first kappa shape index (κ1) is 17.6. The number of guanidine groups is 2. The van der Waals surface area contributed by atoms with Crippen LogP contribution in [0.5, 0.6) is 11.5 Å². The van der Waals surface area contributed by atoms with Crippen LogP contribution >= 0.6 is 11.6 Å². The third kappa shape index (κ3) is 3.86. The van der Waals surface area contributed by atoms with Crippen LogP contribution in [0.2, 0.25) is 5.02 Å². The molecule has 6 N–H and O–H groups in total. The molecule has 8 nitrogen and oxygen atoms in total. The molecule has 9 heteroatoms. The Morgan fingerprint density at radius 1 is 1.04 bits per heavy atom. The second kappa shape index (κ2) is 7.32. The number of nitrogens with zero attached hydrogens (tertiary/aromatic N) is 2. The van der Waals surface area contributed by atoms with E-state index in [0.717, 1.165) is 0 Å². The minimum Gasteiger partial charge on any atom is -0.486 e. The van der Waals surface area contributed by atoms with E-state index in [1.165, 1.54) is 0 Å². The van der Waals surface area contributed by atoms with Gasteiger partial charge in [-0.25, -0.2) is 4.99 Å². The Balaban J connectivity index is 2.12. The summed E-state index contributed by atoms with van der Waals surface area (Å²) in [5, 5.41) is 0.443. The first-order valence-corrected chi connectivity index (χ1v) is 7.99. The average molecular weight is 374 g/mol. The quantitative estimate of drug-likeness (QED) is 0.424. The van der Waals surface area contributed by atoms with Gasteiger partial charge in [-0.2, -0.15) is 4.99 Å². The topological polar surface area (TPSA) is 138 Å². The molecule has 134 valence electrons. The molecule has 2 aromatic rings. The van der Waals surface area contributed by atoms with Crippen molar-refractivity contribution < 1.29 is 14.3 Å². The summed E-state index contributed by atoms with van der Waals surface area (Å²) in [6, 6.07) is 9.69. The second-order valence-corrected chi connectivity index (χ2v) is 5.80. The molecule has 0 bridgehead atoms. The van der Waals surface area contributed by atoms with Crippen molar-refractivity contribution in [2.45, 2.75) is 0 Å². The molecule has 0 radical (unpaired) electrons. The zero-order valence-corrected chi connectivity index (χ0v) is 14.4. The number of ketones is 1. The fourth-order valence-electron chi connectivity index (χ4n) is 2.42. The number of aliphatic imine (C=N–C) groups is 2. The van der Waals surface area contributed by atoms with Gasteiger partial charge in [0.2, 0.25) is 5.96 Å². The zero-order valence-electron chi connectivity index (χ0n) is 13.6. The predicted octanol–water partition coefficient (Wildman–Crippen LogP) is 1.56. The monoisotopic (exact) mass is 373 g/mol. The maximum atomic E-state index is 13.0. The van der Waals surface area contributed by atoms with Crippen LogP contribution in [0.25, 0.3) is 0 Å². The Hall–Kier alpha value is -3.26. The lowest BCUT2D eigenvalue weighted by molar-refractivity contribution is 0.103. The maximum Gasteiger partial charge on any atom is 0.223 e. The number of fused-ring (bicyclic) bond motifs is 1. The van der Waals surface area contributed by atoms with Crippen LogP contribution in [0.1, 0.15) is 15.9 Å². The lowest BCUT2D eigenvalue weighted by Crippen LogP contribution is -2.26. The lowest BCUT2D eigenvalue weighted by atomic mass is 10.0. The molecular formula is C17H16ClN5O3. The highest BCUT2D eigenvalue weighted by Gasteiger charge is 2.21. The van der Waals surface area contributed by atoms with E-state index in [0.29, 0.717) is 35.3 Å². The number of benzene rings is 2. The largest absolute Gasteiger partial charge is 0.486 e. The van der Waals surface area contributed by atoms with Crippen molar-refractivity contribution >= 4 is 35.0 Å². The van der Waals surface area contributed by atoms with Crippen LogP contribution in [0.15, 0.2) is 46.4 Å². The van der Waals surface area contributed by atoms with E-state index >= 15 is 0 Å². The van der Waals surface area contributed by atoms with Gasteiger partial charge in [0.05, 0.1) is 11.3 Å². The van der Waals surface area contributed by atoms with Crippen molar-refractivity contribution in [3.8, 4) is 11.5 Å². The molecule has 0 saturated heterocycles. The molecule has 3 rings (SSSR count). The summed E-state index contributed by atoms with van der Waals surface area (Å²) in [6.45, 7) is 0.775. The summed E-state index contributed by atoms with van der Waals surface area (Å²) < 4.78 is 11.1. The van der Waals surface area contributed by atoms with Gasteiger partial charge >= 0.3 is 0 Å². The molecule has 0 spiro atoms. The molecular weight excluding hydrogens is 358 g/mol. The summed E-state index contributed by atoms with van der Waals surface area (Å²) in [7, 11) is 0. The first-order chi connectivity index (χ1) is 12.4. The van der Waals surface area contributed by atoms with Crippen molar-refractivity contribution in [1.29, 1.82) is 0 Å². The number of carbonyl (C=O) groups excluding carboxylic acids is 1. The van der Waals surface area contributed by atoms with Gasteiger partial charge in [-0.1, -0.05) is 23.7 Å². The first-order valence-electron chi connectivity index (χ1n) is 7.62. The van der Waals surface area contributed by atoms with E-state index < -0.39 is 0 Å². The zero-order chi connectivity index (χ0) is 18.7. The van der Waals surface area contributed by atoms with Crippen LogP contribution < -0.4 is 26.7 Å². The molecule has 1 aliphatic rings. The highest BCUT2D eigenvalue weighted by Crippen LogP contribution is 2.38. The molecule has 1 aliphatic heterocycles. The maximum absolute atomic E-state index is 13.0. The molecule has 0 saturated carbocycles. The van der Waals surface area contributed by atoms with Crippen LogP contribution in [0, 0.1) is 0 Å². The van der Waals surface area contributed by atoms with E-state index in [1.807, 2.05) is 0 Å². The Morgan fingerprint density at radius 3 is 2.38 bits per heavy atom. The van der Waals surface area contributed by atoms with Gasteiger partial charge in [0.1, 0.15) is 13.2 Å². The summed E-state index contributed by atoms with van der Waals surface area (Å²) in [6.07, 6.45) is 0. The highest BCUT2D eigenvalue weighted by atomic mass is 35.5. The van der Waals surface area contributed by atoms with Crippen LogP contribution in [0.4, 0.5) is 5.69 Å². The standard InChI is InChI=1S/C17H16ClN5O3/c18-10-3-1-2-9(6-10)15(24)11-7-13-14(26-5-4-25-13)8-12(11)22-17(21)23-16(19)20/h1-3,6-8H,4-5H2,(H6,19,20,21,22,23). The fourth-order valence-corrected chi connectivity index (χ4v) is 2.61. The van der Waals surface area contributed by atoms with Gasteiger partial charge < -0.3 is 26.7 Å². The third-order valence-electron chi connectivity index (χ3n) is 3.47. The van der Waals surface area contributed by atoms with Crippen LogP contribution in [0.3, 0.4) is 0 Å². The van der Waals surface area contributed by atoms with Gasteiger partial charge in [-0.15, -0.1) is 0 Å². The summed E-state index contributed by atoms with van der Waals surface area (Å²) in [4.78, 5) is 20.8. The van der Waals surface area contributed by atoms with Gasteiger partial charge in [-0.05, 0) is 18.2 Å². The average Bonchev–Trinajstić information content (AvgIpc) is 2.59. The predicted molar refractivity (Wildman–Crippen MR) is 99.4 cm³/mol. The fraction of sp³-hybridized carbons (Fsp3) is 0.118. The number of ether oxygens (including phenoxy) is 2. The van der Waals surface area contributed by atoms with Crippen LogP contribution in [-0.2, 0) is 0 Å². The molecule has 1 heterocycles. The molecule has 0 aromatic heterocycles. The van der Waals surface area contributed by atoms with Crippen molar-refractivity contribution in [2.75, 3.05) is 13.2 Å². The van der Waals surface area contributed by atoms with Gasteiger partial charge in [0.25, 0.3) is 0 Å². The minimum atomic E-state index is -0.305. The smallest absolute Gasteiger partial charge is 0.223 e. The molecule has 2 aromatic carbocycles. The molecule has 26 heavy (non-hydrogen) atoms. The van der Waals surface area contributed by atoms with Crippen LogP contribution in [-0.4, -0.2) is 30.9 Å². The Morgan fingerprint density at radius 2 is 1.73 bits per heavy atom. The normalized spacial score (nSPS) is 13.2. The molecule has 0 atom stereocenters. The highest BCUT2D eigenvalue weighted by molar-refractivity contribution is 6.31. The second-order valence-electron chi connectivity index (χ2n) is 5.36. The number of nitrogens with two attached hydrogens (primary N) is 3. The van der Waals surface area contributed by atoms with E-state index in [9.17, 15) is 4.79 Å². The Labute approximate surface area is 154 Å². The number of hydrogen-bond donors (Lipinski definition) is 3. The Bertz CT molecular complexity index is 923. The molecule has 0 amide bonds. The SMILES string of the molecule is NC(N)=NC(N)=Nc1cc2c(cc1C(=O)c1cccc(Cl)c1)OCCO2. The van der Waals surface area contributed by atoms with E-state index in [-0.39, 0.29) is 29.0 Å². The van der Waals surface area contributed by atoms with Crippen molar-refractivity contribution in [3.63, 3.8) is 0 Å².